The lowest BCUT2D eigenvalue weighted by molar-refractivity contribution is -0.224. The number of hydrogen-bond donors (Lipinski definition) is 0. The Hall–Kier alpha value is -1.18. The predicted octanol–water partition coefficient (Wildman–Crippen LogP) is 5.92. The normalized spacial score (nSPS) is 46.4. The summed E-state index contributed by atoms with van der Waals surface area (Å²) < 4.78 is 30.0. The van der Waals surface area contributed by atoms with Crippen molar-refractivity contribution in [2.75, 3.05) is 20.3 Å². The molecular formula is C32H52O7. The van der Waals surface area contributed by atoms with E-state index in [-0.39, 0.29) is 53.3 Å². The lowest BCUT2D eigenvalue weighted by atomic mass is 9.42. The minimum atomic E-state index is -0.321. The SMILES string of the molecule is COC[C@H](OC(C)=O)[C@@H]1C[C@H](OC(C)=O)[C@@]2(C)CC[C@H]3[C@@H](CC[C@H]4C[C@H](OC5CCCCO5)C[C@H](C)[C@@]43C)[C@H]12. The van der Waals surface area contributed by atoms with Gasteiger partial charge in [-0.15, -0.1) is 0 Å². The van der Waals surface area contributed by atoms with Gasteiger partial charge in [-0.05, 0) is 99.2 Å². The highest BCUT2D eigenvalue weighted by Gasteiger charge is 2.66. The number of ether oxygens (including phenoxy) is 5. The van der Waals surface area contributed by atoms with E-state index < -0.39 is 0 Å². The monoisotopic (exact) mass is 548 g/mol. The molecule has 39 heavy (non-hydrogen) atoms. The number of esters is 2. The van der Waals surface area contributed by atoms with E-state index in [2.05, 4.69) is 20.8 Å². The molecule has 0 N–H and O–H groups in total. The third kappa shape index (κ3) is 5.41. The zero-order valence-electron chi connectivity index (χ0n) is 25.1. The first-order chi connectivity index (χ1) is 18.6. The molecule has 0 aromatic heterocycles. The Labute approximate surface area is 235 Å². The first-order valence-electron chi connectivity index (χ1n) is 15.7. The zero-order valence-corrected chi connectivity index (χ0v) is 25.1. The molecule has 5 rings (SSSR count). The van der Waals surface area contributed by atoms with Crippen molar-refractivity contribution in [1.29, 1.82) is 0 Å². The molecule has 7 heteroatoms. The van der Waals surface area contributed by atoms with E-state index in [1.165, 1.54) is 39.5 Å². The van der Waals surface area contributed by atoms with Gasteiger partial charge in [-0.25, -0.2) is 0 Å². The summed E-state index contributed by atoms with van der Waals surface area (Å²) in [5, 5.41) is 0. The van der Waals surface area contributed by atoms with Crippen molar-refractivity contribution in [3.63, 3.8) is 0 Å². The highest BCUT2D eigenvalue weighted by molar-refractivity contribution is 5.66. The van der Waals surface area contributed by atoms with Crippen LogP contribution in [0.25, 0.3) is 0 Å². The van der Waals surface area contributed by atoms with Crippen molar-refractivity contribution < 1.29 is 33.3 Å². The van der Waals surface area contributed by atoms with Crippen molar-refractivity contribution in [2.24, 2.45) is 46.3 Å². The third-order valence-corrected chi connectivity index (χ3v) is 12.1. The van der Waals surface area contributed by atoms with Crippen LogP contribution in [0, 0.1) is 46.3 Å². The van der Waals surface area contributed by atoms with Gasteiger partial charge >= 0.3 is 11.9 Å². The Balaban J connectivity index is 1.40. The predicted molar refractivity (Wildman–Crippen MR) is 147 cm³/mol. The second kappa shape index (κ2) is 11.6. The maximum absolute atomic E-state index is 12.2. The standard InChI is InChI=1S/C32H52O7/c1-19-15-23(39-29-9-7-8-14-36-29)16-22-10-11-24-26(32(19,22)5)12-13-31(4)28(38-21(3)34)17-25(30(24)31)27(18-35-6)37-20(2)33/h19,22-30H,7-18H2,1-6H3/t19-,22-,23+,24+,25-,26-,27-,28-,29?,30+,31+,32-/m0/s1. The van der Waals surface area contributed by atoms with Crippen LogP contribution in [0.5, 0.6) is 0 Å². The fraction of sp³-hybridized carbons (Fsp3) is 0.938. The van der Waals surface area contributed by atoms with Gasteiger partial charge in [0.05, 0.1) is 12.7 Å². The molecule has 0 aromatic carbocycles. The van der Waals surface area contributed by atoms with E-state index in [9.17, 15) is 9.59 Å². The van der Waals surface area contributed by atoms with E-state index >= 15 is 0 Å². The highest BCUT2D eigenvalue weighted by Crippen LogP contribution is 2.69. The van der Waals surface area contributed by atoms with Gasteiger partial charge in [0.25, 0.3) is 0 Å². The molecule has 1 aliphatic heterocycles. The van der Waals surface area contributed by atoms with Gasteiger partial charge in [0, 0.05) is 38.9 Å². The topological polar surface area (TPSA) is 80.3 Å². The number of methoxy groups -OCH3 is 1. The molecule has 0 radical (unpaired) electrons. The van der Waals surface area contributed by atoms with E-state index in [1.54, 1.807) is 7.11 Å². The van der Waals surface area contributed by atoms with Crippen LogP contribution in [0.1, 0.15) is 98.8 Å². The second-order valence-corrected chi connectivity index (χ2v) is 14.0. The highest BCUT2D eigenvalue weighted by atomic mass is 16.7. The molecule has 222 valence electrons. The summed E-state index contributed by atoms with van der Waals surface area (Å²) in [6, 6.07) is 0. The van der Waals surface area contributed by atoms with Crippen molar-refractivity contribution in [2.45, 2.75) is 123 Å². The largest absolute Gasteiger partial charge is 0.462 e. The Bertz CT molecular complexity index is 886. The van der Waals surface area contributed by atoms with Crippen LogP contribution >= 0.6 is 0 Å². The number of carbonyl (C=O) groups is 2. The summed E-state index contributed by atoms with van der Waals surface area (Å²) in [4.78, 5) is 24.3. The van der Waals surface area contributed by atoms with Crippen LogP contribution in [0.4, 0.5) is 0 Å². The molecule has 5 aliphatic rings. The van der Waals surface area contributed by atoms with Gasteiger partial charge in [0.2, 0.25) is 0 Å². The molecule has 7 nitrogen and oxygen atoms in total. The van der Waals surface area contributed by atoms with Gasteiger partial charge in [-0.3, -0.25) is 9.59 Å². The summed E-state index contributed by atoms with van der Waals surface area (Å²) in [7, 11) is 1.67. The van der Waals surface area contributed by atoms with Gasteiger partial charge in [0.15, 0.2) is 6.29 Å². The summed E-state index contributed by atoms with van der Waals surface area (Å²) in [6.07, 6.45) is 10.7. The molecule has 0 spiro atoms. The van der Waals surface area contributed by atoms with Crippen molar-refractivity contribution in [3.05, 3.63) is 0 Å². The molecule has 0 amide bonds. The van der Waals surface area contributed by atoms with E-state index in [4.69, 9.17) is 23.7 Å². The van der Waals surface area contributed by atoms with Gasteiger partial charge < -0.3 is 23.7 Å². The molecule has 12 atom stereocenters. The Morgan fingerprint density at radius 3 is 2.46 bits per heavy atom. The molecule has 1 unspecified atom stereocenters. The molecule has 4 saturated carbocycles. The summed E-state index contributed by atoms with van der Waals surface area (Å²) in [5.41, 5.74) is 0.133. The summed E-state index contributed by atoms with van der Waals surface area (Å²) >= 11 is 0. The fourth-order valence-corrected chi connectivity index (χ4v) is 10.3. The number of hydrogen-bond acceptors (Lipinski definition) is 7. The van der Waals surface area contributed by atoms with Crippen LogP contribution in [-0.2, 0) is 33.3 Å². The van der Waals surface area contributed by atoms with Gasteiger partial charge in [-0.2, -0.15) is 0 Å². The molecule has 5 fully saturated rings. The second-order valence-electron chi connectivity index (χ2n) is 14.0. The van der Waals surface area contributed by atoms with Crippen LogP contribution in [0.15, 0.2) is 0 Å². The quantitative estimate of drug-likeness (QED) is 0.288. The van der Waals surface area contributed by atoms with Crippen molar-refractivity contribution in [3.8, 4) is 0 Å². The van der Waals surface area contributed by atoms with E-state index in [0.717, 1.165) is 45.1 Å². The van der Waals surface area contributed by atoms with Crippen molar-refractivity contribution >= 4 is 11.9 Å². The number of rotatable bonds is 7. The minimum Gasteiger partial charge on any atom is -0.462 e. The summed E-state index contributed by atoms with van der Waals surface area (Å²) in [6.45, 7) is 11.6. The molecule has 0 aromatic rings. The lowest BCUT2D eigenvalue weighted by Crippen LogP contribution is -2.58. The van der Waals surface area contributed by atoms with E-state index in [1.807, 2.05) is 0 Å². The third-order valence-electron chi connectivity index (χ3n) is 12.1. The Morgan fingerprint density at radius 2 is 1.79 bits per heavy atom. The lowest BCUT2D eigenvalue weighted by Gasteiger charge is -2.63. The average Bonchev–Trinajstić information content (AvgIpc) is 3.17. The molecule has 4 aliphatic carbocycles. The van der Waals surface area contributed by atoms with Crippen molar-refractivity contribution in [1.82, 2.24) is 0 Å². The number of fused-ring (bicyclic) bond motifs is 5. The molecule has 1 heterocycles. The van der Waals surface area contributed by atoms with Gasteiger partial charge in [-0.1, -0.05) is 20.8 Å². The first-order valence-corrected chi connectivity index (χ1v) is 15.7. The van der Waals surface area contributed by atoms with Crippen LogP contribution in [0.2, 0.25) is 0 Å². The molecule has 0 bridgehead atoms. The summed E-state index contributed by atoms with van der Waals surface area (Å²) in [5.74, 6) is 2.29. The smallest absolute Gasteiger partial charge is 0.302 e. The number of carbonyl (C=O) groups excluding carboxylic acids is 2. The minimum absolute atomic E-state index is 0.0246. The van der Waals surface area contributed by atoms with E-state index in [0.29, 0.717) is 36.2 Å². The maximum Gasteiger partial charge on any atom is 0.302 e. The Morgan fingerprint density at radius 1 is 1.00 bits per heavy atom. The first kappa shape index (κ1) is 29.3. The van der Waals surface area contributed by atoms with Crippen LogP contribution in [0.3, 0.4) is 0 Å². The average molecular weight is 549 g/mol. The Kier molecular flexibility index (Phi) is 8.72. The van der Waals surface area contributed by atoms with Gasteiger partial charge in [0.1, 0.15) is 12.2 Å². The zero-order chi connectivity index (χ0) is 27.9. The van der Waals surface area contributed by atoms with Crippen LogP contribution in [-0.4, -0.2) is 56.9 Å². The molecule has 1 saturated heterocycles. The molecular weight excluding hydrogens is 496 g/mol. The van der Waals surface area contributed by atoms with Crippen LogP contribution < -0.4 is 0 Å². The maximum atomic E-state index is 12.2. The fourth-order valence-electron chi connectivity index (χ4n) is 10.3.